The van der Waals surface area contributed by atoms with Gasteiger partial charge in [0.25, 0.3) is 0 Å². The number of rotatable bonds is 6. The van der Waals surface area contributed by atoms with Gasteiger partial charge in [-0.3, -0.25) is 4.79 Å². The summed E-state index contributed by atoms with van der Waals surface area (Å²) in [6.45, 7) is 4.40. The minimum atomic E-state index is -0.223. The normalized spacial score (nSPS) is 10.5. The zero-order valence-corrected chi connectivity index (χ0v) is 15.5. The molecule has 0 saturated heterocycles. The first kappa shape index (κ1) is 17.9. The van der Waals surface area contributed by atoms with Gasteiger partial charge in [0.2, 0.25) is 5.91 Å². The Morgan fingerprint density at radius 2 is 2.08 bits per heavy atom. The highest BCUT2D eigenvalue weighted by Crippen LogP contribution is 2.32. The Labute approximate surface area is 156 Å². The second-order valence-corrected chi connectivity index (χ2v) is 6.68. The topological polar surface area (TPSA) is 71.5 Å². The van der Waals surface area contributed by atoms with Crippen molar-refractivity contribution in [3.63, 3.8) is 0 Å². The van der Waals surface area contributed by atoms with Crippen molar-refractivity contribution < 1.29 is 14.6 Å². The molecule has 0 unspecified atom stereocenters. The molecule has 3 aromatic rings. The molecule has 2 aromatic carbocycles. The number of aromatic nitrogens is 1. The Hall–Kier alpha value is -2.86. The number of benzene rings is 2. The molecule has 0 aliphatic carbocycles. The quantitative estimate of drug-likeness (QED) is 0.633. The third-order valence-electron chi connectivity index (χ3n) is 3.74. The van der Waals surface area contributed by atoms with Gasteiger partial charge in [0.05, 0.1) is 30.0 Å². The Morgan fingerprint density at radius 3 is 2.85 bits per heavy atom. The maximum absolute atomic E-state index is 12.3. The van der Waals surface area contributed by atoms with Crippen molar-refractivity contribution in [3.8, 4) is 22.1 Å². The van der Waals surface area contributed by atoms with Gasteiger partial charge in [-0.05, 0) is 43.7 Å². The molecule has 2 N–H and O–H groups in total. The highest BCUT2D eigenvalue weighted by Gasteiger charge is 2.13. The van der Waals surface area contributed by atoms with Crippen LogP contribution in [0.2, 0.25) is 0 Å². The van der Waals surface area contributed by atoms with Crippen molar-refractivity contribution in [2.45, 2.75) is 20.3 Å². The molecule has 1 aromatic heterocycles. The summed E-state index contributed by atoms with van der Waals surface area (Å²) in [5, 5.41) is 15.3. The molecule has 0 atom stereocenters. The maximum Gasteiger partial charge on any atom is 0.230 e. The number of aromatic hydroxyl groups is 1. The van der Waals surface area contributed by atoms with E-state index in [1.807, 2.05) is 49.6 Å². The third-order valence-corrected chi connectivity index (χ3v) is 4.66. The molecule has 134 valence electrons. The summed E-state index contributed by atoms with van der Waals surface area (Å²) in [6.07, 6.45) is 0.140. The van der Waals surface area contributed by atoms with E-state index in [0.29, 0.717) is 18.0 Å². The number of anilines is 1. The van der Waals surface area contributed by atoms with E-state index in [1.54, 1.807) is 12.1 Å². The van der Waals surface area contributed by atoms with Gasteiger partial charge in [-0.25, -0.2) is 4.98 Å². The van der Waals surface area contributed by atoms with Gasteiger partial charge in [-0.1, -0.05) is 18.2 Å². The van der Waals surface area contributed by atoms with Crippen LogP contribution in [0, 0.1) is 6.92 Å². The van der Waals surface area contributed by atoms with Gasteiger partial charge in [-0.2, -0.15) is 0 Å². The average Bonchev–Trinajstić information content (AvgIpc) is 3.06. The van der Waals surface area contributed by atoms with Crippen molar-refractivity contribution in [1.29, 1.82) is 0 Å². The van der Waals surface area contributed by atoms with Gasteiger partial charge in [0, 0.05) is 5.38 Å². The summed E-state index contributed by atoms with van der Waals surface area (Å²) in [4.78, 5) is 16.8. The van der Waals surface area contributed by atoms with Crippen LogP contribution in [0.25, 0.3) is 10.6 Å². The lowest BCUT2D eigenvalue weighted by Gasteiger charge is -2.08. The van der Waals surface area contributed by atoms with Gasteiger partial charge < -0.3 is 15.2 Å². The number of nitrogens with one attached hydrogen (secondary N) is 1. The minimum absolute atomic E-state index is 0.0583. The molecule has 0 aliphatic heterocycles. The van der Waals surface area contributed by atoms with Crippen molar-refractivity contribution in [2.24, 2.45) is 0 Å². The van der Waals surface area contributed by atoms with E-state index < -0.39 is 0 Å². The number of hydrogen-bond donors (Lipinski definition) is 2. The maximum atomic E-state index is 12.3. The van der Waals surface area contributed by atoms with Crippen LogP contribution in [0.5, 0.6) is 11.5 Å². The molecule has 0 spiro atoms. The first-order valence-electron chi connectivity index (χ1n) is 8.33. The van der Waals surface area contributed by atoms with Crippen LogP contribution in [0.3, 0.4) is 0 Å². The second kappa shape index (κ2) is 8.01. The van der Waals surface area contributed by atoms with Crippen molar-refractivity contribution in [2.75, 3.05) is 11.9 Å². The molecule has 26 heavy (non-hydrogen) atoms. The van der Waals surface area contributed by atoms with E-state index >= 15 is 0 Å². The number of phenols is 1. The number of amides is 1. The molecule has 1 heterocycles. The molecule has 0 aliphatic rings. The number of carbonyl (C=O) groups is 1. The number of nitrogens with zero attached hydrogens (tertiary/aromatic N) is 1. The smallest absolute Gasteiger partial charge is 0.230 e. The molecule has 0 fully saturated rings. The Balaban J connectivity index is 1.71. The van der Waals surface area contributed by atoms with Crippen molar-refractivity contribution in [1.82, 2.24) is 4.98 Å². The lowest BCUT2D eigenvalue weighted by Crippen LogP contribution is -2.14. The summed E-state index contributed by atoms with van der Waals surface area (Å²) < 4.78 is 5.64. The first-order chi connectivity index (χ1) is 12.6. The summed E-state index contributed by atoms with van der Waals surface area (Å²) in [6, 6.07) is 12.9. The van der Waals surface area contributed by atoms with Gasteiger partial charge in [-0.15, -0.1) is 11.3 Å². The van der Waals surface area contributed by atoms with E-state index in [9.17, 15) is 9.90 Å². The highest BCUT2D eigenvalue weighted by atomic mass is 32.1. The zero-order chi connectivity index (χ0) is 18.5. The molecule has 0 radical (unpaired) electrons. The monoisotopic (exact) mass is 368 g/mol. The highest BCUT2D eigenvalue weighted by molar-refractivity contribution is 7.13. The SMILES string of the molecule is CCOc1ccccc1-c1nc(CC(=O)Nc2ccc(C)cc2O)cs1. The molecular formula is C20H20N2O3S. The fourth-order valence-corrected chi connectivity index (χ4v) is 3.39. The van der Waals surface area contributed by atoms with Crippen molar-refractivity contribution in [3.05, 3.63) is 59.1 Å². The molecule has 0 bridgehead atoms. The predicted octanol–water partition coefficient (Wildman–Crippen LogP) is 4.40. The van der Waals surface area contributed by atoms with Crippen LogP contribution >= 0.6 is 11.3 Å². The minimum Gasteiger partial charge on any atom is -0.506 e. The molecule has 5 nitrogen and oxygen atoms in total. The fourth-order valence-electron chi connectivity index (χ4n) is 2.54. The molecule has 6 heteroatoms. The lowest BCUT2D eigenvalue weighted by molar-refractivity contribution is -0.115. The Morgan fingerprint density at radius 1 is 1.27 bits per heavy atom. The summed E-state index contributed by atoms with van der Waals surface area (Å²) in [5.74, 6) is 0.618. The number of thiazole rings is 1. The predicted molar refractivity (Wildman–Crippen MR) is 104 cm³/mol. The van der Waals surface area contributed by atoms with Gasteiger partial charge in [0.1, 0.15) is 16.5 Å². The standard InChI is InChI=1S/C20H20N2O3S/c1-3-25-18-7-5-4-6-15(18)20-21-14(12-26-20)11-19(24)22-16-9-8-13(2)10-17(16)23/h4-10,12,23H,3,11H2,1-2H3,(H,22,24). The van der Waals surface area contributed by atoms with Crippen LogP contribution < -0.4 is 10.1 Å². The molecule has 0 saturated carbocycles. The van der Waals surface area contributed by atoms with E-state index in [0.717, 1.165) is 21.9 Å². The number of ether oxygens (including phenoxy) is 1. The average molecular weight is 368 g/mol. The Bertz CT molecular complexity index is 921. The molecule has 3 rings (SSSR count). The van der Waals surface area contributed by atoms with E-state index in [-0.39, 0.29) is 18.1 Å². The number of phenolic OH excluding ortho intramolecular Hbond substituents is 1. The van der Waals surface area contributed by atoms with E-state index in [4.69, 9.17) is 4.74 Å². The summed E-state index contributed by atoms with van der Waals surface area (Å²) in [7, 11) is 0. The molecular weight excluding hydrogens is 348 g/mol. The number of carbonyl (C=O) groups excluding carboxylic acids is 1. The summed E-state index contributed by atoms with van der Waals surface area (Å²) >= 11 is 1.48. The summed E-state index contributed by atoms with van der Waals surface area (Å²) in [5.41, 5.74) is 2.93. The second-order valence-electron chi connectivity index (χ2n) is 5.82. The lowest BCUT2D eigenvalue weighted by atomic mass is 10.2. The zero-order valence-electron chi connectivity index (χ0n) is 14.7. The van der Waals surface area contributed by atoms with Crippen LogP contribution in [0.15, 0.2) is 47.8 Å². The van der Waals surface area contributed by atoms with E-state index in [2.05, 4.69) is 10.3 Å². The van der Waals surface area contributed by atoms with Gasteiger partial charge in [0.15, 0.2) is 0 Å². The van der Waals surface area contributed by atoms with Crippen LogP contribution in [-0.2, 0) is 11.2 Å². The van der Waals surface area contributed by atoms with Gasteiger partial charge >= 0.3 is 0 Å². The third kappa shape index (κ3) is 4.21. The number of hydrogen-bond acceptors (Lipinski definition) is 5. The van der Waals surface area contributed by atoms with Crippen LogP contribution in [0.1, 0.15) is 18.2 Å². The number of aryl methyl sites for hydroxylation is 1. The first-order valence-corrected chi connectivity index (χ1v) is 9.21. The fraction of sp³-hybridized carbons (Fsp3) is 0.200. The number of para-hydroxylation sites is 1. The van der Waals surface area contributed by atoms with Crippen LogP contribution in [-0.4, -0.2) is 22.6 Å². The van der Waals surface area contributed by atoms with E-state index in [1.165, 1.54) is 11.3 Å². The Kier molecular flexibility index (Phi) is 5.53. The largest absolute Gasteiger partial charge is 0.506 e. The van der Waals surface area contributed by atoms with Crippen LogP contribution in [0.4, 0.5) is 5.69 Å². The molecule has 1 amide bonds. The van der Waals surface area contributed by atoms with Crippen molar-refractivity contribution >= 4 is 22.9 Å².